The lowest BCUT2D eigenvalue weighted by Gasteiger charge is -2.09. The van der Waals surface area contributed by atoms with Crippen molar-refractivity contribution in [3.8, 4) is 11.6 Å². The molecule has 19 heavy (non-hydrogen) atoms. The van der Waals surface area contributed by atoms with Crippen LogP contribution in [0.2, 0.25) is 0 Å². The van der Waals surface area contributed by atoms with E-state index in [2.05, 4.69) is 31.2 Å². The van der Waals surface area contributed by atoms with Crippen LogP contribution in [0.25, 0.3) is 0 Å². The average Bonchev–Trinajstić information content (AvgIpc) is 2.46. The van der Waals surface area contributed by atoms with Crippen LogP contribution >= 0.6 is 15.9 Å². The zero-order chi connectivity index (χ0) is 13.5. The van der Waals surface area contributed by atoms with Crippen molar-refractivity contribution in [3.05, 3.63) is 41.0 Å². The van der Waals surface area contributed by atoms with Crippen LogP contribution < -0.4 is 14.8 Å². The predicted molar refractivity (Wildman–Crippen MR) is 76.7 cm³/mol. The molecule has 2 rings (SSSR count). The quantitative estimate of drug-likeness (QED) is 0.828. The highest BCUT2D eigenvalue weighted by atomic mass is 79.9. The fourth-order valence-corrected chi connectivity index (χ4v) is 1.69. The lowest BCUT2D eigenvalue weighted by atomic mass is 10.3. The molecule has 6 heteroatoms. The second-order valence-electron chi connectivity index (χ2n) is 3.61. The Bertz CT molecular complexity index is 523. The average molecular weight is 324 g/mol. The van der Waals surface area contributed by atoms with Gasteiger partial charge in [0.15, 0.2) is 0 Å². The van der Waals surface area contributed by atoms with Crippen molar-refractivity contribution in [1.82, 2.24) is 9.97 Å². The normalized spacial score (nSPS) is 10.0. The molecular weight excluding hydrogens is 310 g/mol. The van der Waals surface area contributed by atoms with E-state index >= 15 is 0 Å². The first kappa shape index (κ1) is 13.6. The number of rotatable bonds is 6. The van der Waals surface area contributed by atoms with E-state index in [1.807, 2.05) is 30.3 Å². The summed E-state index contributed by atoms with van der Waals surface area (Å²) in [5.74, 6) is 1.84. The summed E-state index contributed by atoms with van der Waals surface area (Å²) in [4.78, 5) is 8.24. The Morgan fingerprint density at radius 3 is 2.63 bits per heavy atom. The van der Waals surface area contributed by atoms with Crippen molar-refractivity contribution < 1.29 is 9.47 Å². The van der Waals surface area contributed by atoms with E-state index in [-0.39, 0.29) is 0 Å². The number of hydrogen-bond acceptors (Lipinski definition) is 5. The van der Waals surface area contributed by atoms with Gasteiger partial charge in [0.05, 0.1) is 10.7 Å². The third-order valence-corrected chi connectivity index (χ3v) is 2.81. The molecule has 0 saturated carbocycles. The van der Waals surface area contributed by atoms with E-state index in [0.29, 0.717) is 29.5 Å². The third kappa shape index (κ3) is 4.10. The van der Waals surface area contributed by atoms with Crippen molar-refractivity contribution in [2.75, 3.05) is 25.6 Å². The van der Waals surface area contributed by atoms with Gasteiger partial charge in [-0.3, -0.25) is 0 Å². The first-order chi connectivity index (χ1) is 9.29. The van der Waals surface area contributed by atoms with Crippen LogP contribution in [0.4, 0.5) is 5.95 Å². The molecule has 0 bridgehead atoms. The summed E-state index contributed by atoms with van der Waals surface area (Å²) in [5.41, 5.74) is 0. The van der Waals surface area contributed by atoms with E-state index < -0.39 is 0 Å². The Balaban J connectivity index is 1.82. The first-order valence-corrected chi connectivity index (χ1v) is 6.60. The molecule has 0 fully saturated rings. The zero-order valence-corrected chi connectivity index (χ0v) is 12.1. The maximum Gasteiger partial charge on any atom is 0.233 e. The predicted octanol–water partition coefficient (Wildman–Crippen LogP) is 2.74. The van der Waals surface area contributed by atoms with Crippen LogP contribution in [-0.2, 0) is 0 Å². The molecule has 100 valence electrons. The molecule has 1 N–H and O–H groups in total. The smallest absolute Gasteiger partial charge is 0.233 e. The molecule has 0 aliphatic heterocycles. The molecule has 0 spiro atoms. The van der Waals surface area contributed by atoms with Crippen LogP contribution in [0.3, 0.4) is 0 Å². The first-order valence-electron chi connectivity index (χ1n) is 5.80. The van der Waals surface area contributed by atoms with Crippen LogP contribution in [0.15, 0.2) is 41.0 Å². The van der Waals surface area contributed by atoms with Gasteiger partial charge in [-0.2, -0.15) is 4.98 Å². The van der Waals surface area contributed by atoms with Gasteiger partial charge in [0, 0.05) is 7.05 Å². The number of nitrogens with zero attached hydrogens (tertiary/aromatic N) is 2. The number of para-hydroxylation sites is 1. The Labute approximate surface area is 120 Å². The summed E-state index contributed by atoms with van der Waals surface area (Å²) >= 11 is 3.34. The molecule has 5 nitrogen and oxygen atoms in total. The summed E-state index contributed by atoms with van der Waals surface area (Å²) in [6.07, 6.45) is 1.65. The van der Waals surface area contributed by atoms with Gasteiger partial charge in [-0.15, -0.1) is 0 Å². The molecule has 0 saturated heterocycles. The van der Waals surface area contributed by atoms with E-state index in [4.69, 9.17) is 9.47 Å². The molecule has 0 amide bonds. The summed E-state index contributed by atoms with van der Waals surface area (Å²) in [5, 5.41) is 2.86. The van der Waals surface area contributed by atoms with Crippen LogP contribution in [0.5, 0.6) is 11.6 Å². The van der Waals surface area contributed by atoms with E-state index in [0.717, 1.165) is 5.75 Å². The molecule has 0 aliphatic carbocycles. The Hall–Kier alpha value is -1.82. The number of nitrogens with one attached hydrogen (secondary N) is 1. The van der Waals surface area contributed by atoms with Gasteiger partial charge in [-0.1, -0.05) is 18.2 Å². The van der Waals surface area contributed by atoms with Crippen molar-refractivity contribution in [1.29, 1.82) is 0 Å². The topological polar surface area (TPSA) is 56.3 Å². The molecule has 0 aliphatic rings. The summed E-state index contributed by atoms with van der Waals surface area (Å²) in [6, 6.07) is 9.60. The highest BCUT2D eigenvalue weighted by Gasteiger charge is 2.05. The number of aromatic nitrogens is 2. The second kappa shape index (κ2) is 6.94. The van der Waals surface area contributed by atoms with Gasteiger partial charge in [0.2, 0.25) is 11.8 Å². The minimum absolute atomic E-state index is 0.410. The molecule has 0 atom stereocenters. The monoisotopic (exact) mass is 323 g/mol. The van der Waals surface area contributed by atoms with Gasteiger partial charge in [0.25, 0.3) is 0 Å². The molecule has 1 aromatic carbocycles. The van der Waals surface area contributed by atoms with Crippen molar-refractivity contribution in [3.63, 3.8) is 0 Å². The van der Waals surface area contributed by atoms with Crippen molar-refractivity contribution in [2.24, 2.45) is 0 Å². The lowest BCUT2D eigenvalue weighted by Crippen LogP contribution is -2.10. The van der Waals surface area contributed by atoms with Crippen LogP contribution in [-0.4, -0.2) is 30.2 Å². The third-order valence-electron chi connectivity index (χ3n) is 2.27. The zero-order valence-electron chi connectivity index (χ0n) is 10.5. The van der Waals surface area contributed by atoms with E-state index in [9.17, 15) is 0 Å². The number of benzene rings is 1. The largest absolute Gasteiger partial charge is 0.490 e. The summed E-state index contributed by atoms with van der Waals surface area (Å²) in [6.45, 7) is 0.864. The van der Waals surface area contributed by atoms with Crippen LogP contribution in [0, 0.1) is 0 Å². The van der Waals surface area contributed by atoms with E-state index in [1.54, 1.807) is 13.2 Å². The Kier molecular flexibility index (Phi) is 4.97. The molecule has 0 radical (unpaired) electrons. The van der Waals surface area contributed by atoms with Gasteiger partial charge in [-0.05, 0) is 28.1 Å². The SMILES string of the molecule is CNc1ncc(Br)c(OCCOc2ccccc2)n1. The maximum absolute atomic E-state index is 5.54. The fraction of sp³-hybridized carbons (Fsp3) is 0.231. The molecule has 1 aromatic heterocycles. The van der Waals surface area contributed by atoms with Crippen LogP contribution in [0.1, 0.15) is 0 Å². The Morgan fingerprint density at radius 1 is 1.16 bits per heavy atom. The van der Waals surface area contributed by atoms with Gasteiger partial charge in [-0.25, -0.2) is 4.98 Å². The lowest BCUT2D eigenvalue weighted by molar-refractivity contribution is 0.211. The number of halogens is 1. The van der Waals surface area contributed by atoms with Crippen molar-refractivity contribution in [2.45, 2.75) is 0 Å². The van der Waals surface area contributed by atoms with Crippen molar-refractivity contribution >= 4 is 21.9 Å². The van der Waals surface area contributed by atoms with E-state index in [1.165, 1.54) is 0 Å². The minimum atomic E-state index is 0.410. The van der Waals surface area contributed by atoms with Gasteiger partial charge < -0.3 is 14.8 Å². The molecule has 1 heterocycles. The number of hydrogen-bond donors (Lipinski definition) is 1. The molecule has 2 aromatic rings. The number of ether oxygens (including phenoxy) is 2. The maximum atomic E-state index is 5.54. The fourth-order valence-electron chi connectivity index (χ4n) is 1.39. The summed E-state index contributed by atoms with van der Waals surface area (Å²) < 4.78 is 11.8. The molecule has 0 unspecified atom stereocenters. The standard InChI is InChI=1S/C13H14BrN3O2/c1-15-13-16-9-11(14)12(17-13)19-8-7-18-10-5-3-2-4-6-10/h2-6,9H,7-8H2,1H3,(H,15,16,17). The highest BCUT2D eigenvalue weighted by molar-refractivity contribution is 9.10. The van der Waals surface area contributed by atoms with Gasteiger partial charge in [0.1, 0.15) is 19.0 Å². The summed E-state index contributed by atoms with van der Waals surface area (Å²) in [7, 11) is 1.76. The second-order valence-corrected chi connectivity index (χ2v) is 4.46. The highest BCUT2D eigenvalue weighted by Crippen LogP contribution is 2.22. The molecular formula is C13H14BrN3O2. The minimum Gasteiger partial charge on any atom is -0.490 e. The van der Waals surface area contributed by atoms with Gasteiger partial charge >= 0.3 is 0 Å². The Morgan fingerprint density at radius 2 is 1.89 bits per heavy atom. The number of anilines is 1.